The lowest BCUT2D eigenvalue weighted by Crippen LogP contribution is -2.39. The van der Waals surface area contributed by atoms with Crippen LogP contribution < -0.4 is 5.32 Å². The van der Waals surface area contributed by atoms with Crippen molar-refractivity contribution in [3.8, 4) is 0 Å². The van der Waals surface area contributed by atoms with E-state index in [9.17, 15) is 13.2 Å². The number of esters is 1. The quantitative estimate of drug-likeness (QED) is 0.644. The van der Waals surface area contributed by atoms with E-state index in [0.717, 1.165) is 19.5 Å². The average Bonchev–Trinajstić information content (AvgIpc) is 2.47. The number of nitrogens with one attached hydrogen (secondary N) is 1. The van der Waals surface area contributed by atoms with Gasteiger partial charge in [-0.15, -0.1) is 0 Å². The van der Waals surface area contributed by atoms with E-state index in [1.54, 1.807) is 0 Å². The van der Waals surface area contributed by atoms with Crippen molar-refractivity contribution in [1.29, 1.82) is 0 Å². The van der Waals surface area contributed by atoms with E-state index in [-0.39, 0.29) is 17.8 Å². The molecule has 7 heteroatoms. The van der Waals surface area contributed by atoms with Gasteiger partial charge < -0.3 is 10.1 Å². The fourth-order valence-corrected chi connectivity index (χ4v) is 2.44. The maximum Gasteiger partial charge on any atom is 0.309 e. The molecule has 0 amide bonds. The molecule has 1 fully saturated rings. The first-order valence-corrected chi connectivity index (χ1v) is 9.02. The van der Waals surface area contributed by atoms with Crippen LogP contribution in [0.3, 0.4) is 0 Å². The summed E-state index contributed by atoms with van der Waals surface area (Å²) in [5.74, 6) is 0.186. The van der Waals surface area contributed by atoms with Gasteiger partial charge in [0.25, 0.3) is 10.1 Å². The predicted molar refractivity (Wildman–Crippen MR) is 84.3 cm³/mol. The van der Waals surface area contributed by atoms with Crippen molar-refractivity contribution in [3.05, 3.63) is 35.9 Å². The molecule has 6 nitrogen and oxygen atoms in total. The van der Waals surface area contributed by atoms with Crippen LogP contribution in [0.5, 0.6) is 0 Å². The summed E-state index contributed by atoms with van der Waals surface area (Å²) in [6.07, 6.45) is 1.57. The second-order valence-electron chi connectivity index (χ2n) is 5.10. The Kier molecular flexibility index (Phi) is 7.50. The summed E-state index contributed by atoms with van der Waals surface area (Å²) in [5, 5.41) is 3.35. The summed E-state index contributed by atoms with van der Waals surface area (Å²) in [5.41, 5.74) is 1.22. The van der Waals surface area contributed by atoms with Gasteiger partial charge in [-0.25, -0.2) is 0 Å². The second-order valence-corrected chi connectivity index (χ2v) is 6.57. The molecular weight excluding hydrogens is 306 g/mol. The van der Waals surface area contributed by atoms with Crippen molar-refractivity contribution in [3.63, 3.8) is 0 Å². The molecule has 0 unspecified atom stereocenters. The summed E-state index contributed by atoms with van der Waals surface area (Å²) >= 11 is 0. The van der Waals surface area contributed by atoms with Gasteiger partial charge in [0.2, 0.25) is 0 Å². The van der Waals surface area contributed by atoms with Crippen LogP contribution in [0.2, 0.25) is 0 Å². The van der Waals surface area contributed by atoms with Crippen LogP contribution in [-0.4, -0.2) is 44.9 Å². The maximum absolute atomic E-state index is 11.9. The molecule has 2 atom stereocenters. The van der Waals surface area contributed by atoms with Gasteiger partial charge >= 0.3 is 5.97 Å². The Labute approximate surface area is 131 Å². The van der Waals surface area contributed by atoms with E-state index in [4.69, 9.17) is 9.29 Å². The Morgan fingerprint density at radius 3 is 2.50 bits per heavy atom. The van der Waals surface area contributed by atoms with Crippen molar-refractivity contribution in [1.82, 2.24) is 5.32 Å². The summed E-state index contributed by atoms with van der Waals surface area (Å²) in [4.78, 5) is 11.9. The molecule has 0 bridgehead atoms. The molecular formula is C15H23NO5S. The highest BCUT2D eigenvalue weighted by Gasteiger charge is 2.32. The first-order chi connectivity index (χ1) is 10.3. The molecule has 0 spiro atoms. The summed E-state index contributed by atoms with van der Waals surface area (Å²) in [6.45, 7) is 4.07. The van der Waals surface area contributed by atoms with Crippen LogP contribution in [-0.2, 0) is 19.6 Å². The Morgan fingerprint density at radius 2 is 1.95 bits per heavy atom. The lowest BCUT2D eigenvalue weighted by molar-refractivity contribution is -0.149. The molecule has 124 valence electrons. The van der Waals surface area contributed by atoms with Gasteiger partial charge in [0.05, 0.1) is 18.8 Å². The highest BCUT2D eigenvalue weighted by atomic mass is 32.2. The van der Waals surface area contributed by atoms with Crippen LogP contribution in [0, 0.1) is 5.92 Å². The van der Waals surface area contributed by atoms with Crippen molar-refractivity contribution < 1.29 is 22.5 Å². The third-order valence-corrected chi connectivity index (χ3v) is 3.30. The van der Waals surface area contributed by atoms with Gasteiger partial charge in [0.15, 0.2) is 0 Å². The number of hydrogen-bond acceptors (Lipinski definition) is 5. The number of carbonyl (C=O) groups excluding carboxylic acids is 1. The average molecular weight is 329 g/mol. The Morgan fingerprint density at radius 1 is 1.36 bits per heavy atom. The van der Waals surface area contributed by atoms with Gasteiger partial charge in [-0.05, 0) is 25.5 Å². The number of carbonyl (C=O) groups is 1. The van der Waals surface area contributed by atoms with E-state index < -0.39 is 10.1 Å². The van der Waals surface area contributed by atoms with Gasteiger partial charge in [-0.2, -0.15) is 8.42 Å². The smallest absolute Gasteiger partial charge is 0.309 e. The molecule has 1 aliphatic rings. The number of ether oxygens (including phenoxy) is 1. The van der Waals surface area contributed by atoms with Gasteiger partial charge in [-0.1, -0.05) is 30.3 Å². The van der Waals surface area contributed by atoms with Gasteiger partial charge in [-0.3, -0.25) is 9.35 Å². The minimum Gasteiger partial charge on any atom is -0.466 e. The Hall–Kier alpha value is -1.44. The zero-order valence-corrected chi connectivity index (χ0v) is 13.7. The molecule has 22 heavy (non-hydrogen) atoms. The molecule has 2 rings (SSSR count). The summed E-state index contributed by atoms with van der Waals surface area (Å²) in [7, 11) is -3.67. The topological polar surface area (TPSA) is 92.7 Å². The summed E-state index contributed by atoms with van der Waals surface area (Å²) in [6, 6.07) is 10.2. The molecule has 1 aromatic carbocycles. The molecule has 1 aliphatic heterocycles. The third kappa shape index (κ3) is 7.02. The zero-order valence-electron chi connectivity index (χ0n) is 12.9. The Balaban J connectivity index is 0.000000422. The van der Waals surface area contributed by atoms with E-state index >= 15 is 0 Å². The molecule has 1 saturated heterocycles. The van der Waals surface area contributed by atoms with Crippen molar-refractivity contribution in [2.75, 3.05) is 26.0 Å². The van der Waals surface area contributed by atoms with Crippen LogP contribution in [0.25, 0.3) is 0 Å². The number of piperidine rings is 1. The molecule has 2 N–H and O–H groups in total. The predicted octanol–water partition coefficient (Wildman–Crippen LogP) is 1.45. The lowest BCUT2D eigenvalue weighted by Gasteiger charge is -2.30. The first kappa shape index (κ1) is 18.6. The molecule has 0 radical (unpaired) electrons. The van der Waals surface area contributed by atoms with E-state index in [2.05, 4.69) is 17.4 Å². The van der Waals surface area contributed by atoms with Crippen LogP contribution in [0.15, 0.2) is 30.3 Å². The number of hydrogen-bond donors (Lipinski definition) is 2. The lowest BCUT2D eigenvalue weighted by atomic mass is 9.81. The highest BCUT2D eigenvalue weighted by molar-refractivity contribution is 7.85. The SMILES string of the molecule is CCOC(=O)[C@H]1CCNC[C@@H]1c1ccccc1.CS(=O)(=O)O. The van der Waals surface area contributed by atoms with Crippen LogP contribution in [0.1, 0.15) is 24.8 Å². The van der Waals surface area contributed by atoms with Crippen LogP contribution in [0.4, 0.5) is 0 Å². The van der Waals surface area contributed by atoms with Crippen molar-refractivity contribution in [2.24, 2.45) is 5.92 Å². The normalized spacial score (nSPS) is 21.4. The number of rotatable bonds is 3. The van der Waals surface area contributed by atoms with Crippen molar-refractivity contribution in [2.45, 2.75) is 19.3 Å². The number of benzene rings is 1. The molecule has 0 saturated carbocycles. The second kappa shape index (κ2) is 8.87. The van der Waals surface area contributed by atoms with Crippen LogP contribution >= 0.6 is 0 Å². The molecule has 1 aromatic rings. The summed E-state index contributed by atoms with van der Waals surface area (Å²) < 4.78 is 31.0. The minimum absolute atomic E-state index is 0.00130. The fourth-order valence-electron chi connectivity index (χ4n) is 2.44. The highest BCUT2D eigenvalue weighted by Crippen LogP contribution is 2.30. The van der Waals surface area contributed by atoms with E-state index in [1.165, 1.54) is 5.56 Å². The molecule has 0 aliphatic carbocycles. The largest absolute Gasteiger partial charge is 0.466 e. The monoisotopic (exact) mass is 329 g/mol. The molecule has 1 heterocycles. The molecule has 0 aromatic heterocycles. The third-order valence-electron chi connectivity index (χ3n) is 3.30. The van der Waals surface area contributed by atoms with E-state index in [0.29, 0.717) is 12.9 Å². The van der Waals surface area contributed by atoms with Crippen molar-refractivity contribution >= 4 is 16.1 Å². The minimum atomic E-state index is -3.67. The first-order valence-electron chi connectivity index (χ1n) is 7.17. The standard InChI is InChI=1S/C14H19NO2.CH4O3S/c1-2-17-14(16)12-8-9-15-10-13(12)11-6-4-3-5-7-11;1-5(2,3)4/h3-7,12-13,15H,2,8-10H2,1H3;1H3,(H,2,3,4)/t12-,13+;/m0./s1. The van der Waals surface area contributed by atoms with Gasteiger partial charge in [0.1, 0.15) is 0 Å². The zero-order chi connectivity index (χ0) is 16.6. The Bertz CT molecular complexity index is 551. The fraction of sp³-hybridized carbons (Fsp3) is 0.533. The maximum atomic E-state index is 11.9. The van der Waals surface area contributed by atoms with E-state index in [1.807, 2.05) is 25.1 Å². The van der Waals surface area contributed by atoms with Gasteiger partial charge in [0, 0.05) is 12.5 Å².